The highest BCUT2D eigenvalue weighted by atomic mass is 16.6. The van der Waals surface area contributed by atoms with Crippen molar-refractivity contribution in [2.24, 2.45) is 0 Å². The van der Waals surface area contributed by atoms with Gasteiger partial charge in [-0.25, -0.2) is 9.59 Å². The molecule has 0 unspecified atom stereocenters. The smallest absolute Gasteiger partial charge is 0.414 e. The van der Waals surface area contributed by atoms with Gasteiger partial charge in [-0.1, -0.05) is 53.7 Å². The van der Waals surface area contributed by atoms with Crippen molar-refractivity contribution in [3.05, 3.63) is 71.4 Å². The average Bonchev–Trinajstić information content (AvgIpc) is 3.40. The summed E-state index contributed by atoms with van der Waals surface area (Å²) in [7, 11) is 0. The lowest BCUT2D eigenvalue weighted by atomic mass is 9.98. The predicted molar refractivity (Wildman–Crippen MR) is 116 cm³/mol. The minimum Gasteiger partial charge on any atom is -0.480 e. The first-order valence-corrected chi connectivity index (χ1v) is 10.2. The van der Waals surface area contributed by atoms with Gasteiger partial charge in [-0.15, -0.1) is 0 Å². The summed E-state index contributed by atoms with van der Waals surface area (Å²) in [4.78, 5) is 34.7. The lowest BCUT2D eigenvalue weighted by Gasteiger charge is -2.13. The molecular formula is C23H21N3O7. The maximum absolute atomic E-state index is 12.3. The van der Waals surface area contributed by atoms with E-state index in [-0.39, 0.29) is 37.3 Å². The zero-order valence-corrected chi connectivity index (χ0v) is 17.4. The van der Waals surface area contributed by atoms with Crippen molar-refractivity contribution >= 4 is 23.9 Å². The van der Waals surface area contributed by atoms with Crippen LogP contribution in [0.1, 0.15) is 27.5 Å². The molecule has 0 spiro atoms. The van der Waals surface area contributed by atoms with Gasteiger partial charge in [0, 0.05) is 18.5 Å². The number of benzene rings is 2. The van der Waals surface area contributed by atoms with Crippen molar-refractivity contribution in [3.63, 3.8) is 0 Å². The van der Waals surface area contributed by atoms with Gasteiger partial charge in [0.2, 0.25) is 5.88 Å². The van der Waals surface area contributed by atoms with Crippen LogP contribution in [0.15, 0.2) is 59.1 Å². The summed E-state index contributed by atoms with van der Waals surface area (Å²) >= 11 is 0. The van der Waals surface area contributed by atoms with E-state index in [0.29, 0.717) is 0 Å². The molecular weight excluding hydrogens is 430 g/mol. The molecule has 0 saturated heterocycles. The number of aromatic nitrogens is 1. The highest BCUT2D eigenvalue weighted by Gasteiger charge is 2.29. The van der Waals surface area contributed by atoms with E-state index in [9.17, 15) is 14.4 Å². The third kappa shape index (κ3) is 5.18. The van der Waals surface area contributed by atoms with Crippen molar-refractivity contribution in [3.8, 4) is 11.1 Å². The number of fused-ring (bicyclic) bond motifs is 3. The third-order valence-corrected chi connectivity index (χ3v) is 5.07. The van der Waals surface area contributed by atoms with Gasteiger partial charge < -0.3 is 24.4 Å². The minimum atomic E-state index is -1.10. The average molecular weight is 451 g/mol. The molecule has 3 N–H and O–H groups in total. The lowest BCUT2D eigenvalue weighted by molar-refractivity contribution is -0.142. The van der Waals surface area contributed by atoms with E-state index in [4.69, 9.17) is 19.1 Å². The second-order valence-electron chi connectivity index (χ2n) is 7.23. The minimum absolute atomic E-state index is 0.0285. The number of carbonyl (C=O) groups is 3. The van der Waals surface area contributed by atoms with Crippen LogP contribution in [-0.4, -0.2) is 54.6 Å². The van der Waals surface area contributed by atoms with E-state index in [1.54, 1.807) is 0 Å². The third-order valence-electron chi connectivity index (χ3n) is 5.07. The van der Waals surface area contributed by atoms with Crippen molar-refractivity contribution in [2.45, 2.75) is 5.92 Å². The normalized spacial score (nSPS) is 12.0. The second kappa shape index (κ2) is 9.96. The summed E-state index contributed by atoms with van der Waals surface area (Å²) in [5.41, 5.74) is 4.39. The largest absolute Gasteiger partial charge is 0.480 e. The van der Waals surface area contributed by atoms with Gasteiger partial charge in [-0.3, -0.25) is 10.1 Å². The van der Waals surface area contributed by atoms with Gasteiger partial charge in [-0.2, -0.15) is 0 Å². The molecule has 4 rings (SSSR count). The monoisotopic (exact) mass is 451 g/mol. The quantitative estimate of drug-likeness (QED) is 0.422. The fourth-order valence-corrected chi connectivity index (χ4v) is 3.66. The Balaban J connectivity index is 1.28. The molecule has 10 heteroatoms. The molecule has 1 aliphatic rings. The Labute approximate surface area is 188 Å². The van der Waals surface area contributed by atoms with Crippen LogP contribution in [0.5, 0.6) is 0 Å². The standard InChI is InChI=1S/C23H21N3O7/c27-21(28)13-31-10-9-24-22(29)19-11-20(33-26-19)25-23(30)32-12-18-16-7-3-1-5-14(16)15-6-2-4-8-17(15)18/h1-8,11,18H,9-10,12-13H2,(H,24,29)(H,25,30)(H,27,28). The van der Waals surface area contributed by atoms with Crippen molar-refractivity contribution in [1.82, 2.24) is 10.5 Å². The van der Waals surface area contributed by atoms with Crippen LogP contribution in [0.3, 0.4) is 0 Å². The molecule has 0 saturated carbocycles. The number of anilines is 1. The van der Waals surface area contributed by atoms with Gasteiger partial charge in [0.1, 0.15) is 13.2 Å². The van der Waals surface area contributed by atoms with E-state index >= 15 is 0 Å². The fourth-order valence-electron chi connectivity index (χ4n) is 3.66. The fraction of sp³-hybridized carbons (Fsp3) is 0.217. The number of nitrogens with zero attached hydrogens (tertiary/aromatic N) is 1. The molecule has 0 radical (unpaired) electrons. The number of nitrogens with one attached hydrogen (secondary N) is 2. The number of carboxylic acids is 1. The Morgan fingerprint density at radius 3 is 2.36 bits per heavy atom. The summed E-state index contributed by atoms with van der Waals surface area (Å²) in [5, 5.41) is 17.0. The lowest BCUT2D eigenvalue weighted by Crippen LogP contribution is -2.28. The Morgan fingerprint density at radius 1 is 1.03 bits per heavy atom. The summed E-state index contributed by atoms with van der Waals surface area (Å²) < 4.78 is 15.2. The van der Waals surface area contributed by atoms with E-state index in [1.165, 1.54) is 6.07 Å². The molecule has 2 amide bonds. The Hall–Kier alpha value is -4.18. The van der Waals surface area contributed by atoms with E-state index in [2.05, 4.69) is 15.8 Å². The Kier molecular flexibility index (Phi) is 6.65. The van der Waals surface area contributed by atoms with E-state index in [0.717, 1.165) is 22.3 Å². The molecule has 33 heavy (non-hydrogen) atoms. The first-order valence-electron chi connectivity index (χ1n) is 10.2. The highest BCUT2D eigenvalue weighted by Crippen LogP contribution is 2.44. The molecule has 10 nitrogen and oxygen atoms in total. The van der Waals surface area contributed by atoms with Crippen molar-refractivity contribution < 1.29 is 33.5 Å². The van der Waals surface area contributed by atoms with Crippen LogP contribution in [-0.2, 0) is 14.3 Å². The SMILES string of the molecule is O=C(O)COCCNC(=O)c1cc(NC(=O)OCC2c3ccccc3-c3ccccc32)on1. The van der Waals surface area contributed by atoms with Crippen LogP contribution in [0.4, 0.5) is 10.7 Å². The Morgan fingerprint density at radius 2 is 1.70 bits per heavy atom. The van der Waals surface area contributed by atoms with Crippen LogP contribution in [0.2, 0.25) is 0 Å². The molecule has 1 aliphatic carbocycles. The molecule has 170 valence electrons. The first kappa shape index (κ1) is 22.0. The number of ether oxygens (including phenoxy) is 2. The van der Waals surface area contributed by atoms with Crippen LogP contribution >= 0.6 is 0 Å². The Bertz CT molecular complexity index is 1130. The van der Waals surface area contributed by atoms with E-state index < -0.39 is 24.6 Å². The number of hydrogen-bond acceptors (Lipinski definition) is 7. The van der Waals surface area contributed by atoms with Gasteiger partial charge in [-0.05, 0) is 22.3 Å². The number of carbonyl (C=O) groups excluding carboxylic acids is 2. The summed E-state index contributed by atoms with van der Waals surface area (Å²) in [6, 6.07) is 17.3. The molecule has 0 atom stereocenters. The topological polar surface area (TPSA) is 140 Å². The van der Waals surface area contributed by atoms with E-state index in [1.807, 2.05) is 48.5 Å². The van der Waals surface area contributed by atoms with Crippen LogP contribution in [0.25, 0.3) is 11.1 Å². The first-order chi connectivity index (χ1) is 16.0. The number of hydrogen-bond donors (Lipinski definition) is 3. The van der Waals surface area contributed by atoms with Crippen molar-refractivity contribution in [1.29, 1.82) is 0 Å². The summed E-state index contributed by atoms with van der Waals surface area (Å²) in [6.07, 6.45) is -0.734. The van der Waals surface area contributed by atoms with Crippen LogP contribution < -0.4 is 10.6 Å². The van der Waals surface area contributed by atoms with Gasteiger partial charge in [0.15, 0.2) is 5.69 Å². The van der Waals surface area contributed by atoms with Crippen molar-refractivity contribution in [2.75, 3.05) is 31.7 Å². The predicted octanol–water partition coefficient (Wildman–Crippen LogP) is 2.87. The van der Waals surface area contributed by atoms with Gasteiger partial charge in [0.05, 0.1) is 6.61 Å². The molecule has 3 aromatic rings. The molecule has 1 heterocycles. The zero-order valence-electron chi connectivity index (χ0n) is 17.4. The number of rotatable bonds is 9. The zero-order chi connectivity index (χ0) is 23.2. The molecule has 0 fully saturated rings. The molecule has 0 aliphatic heterocycles. The summed E-state index contributed by atoms with van der Waals surface area (Å²) in [5.74, 6) is -1.78. The highest BCUT2D eigenvalue weighted by molar-refractivity contribution is 5.93. The number of aliphatic carboxylic acids is 1. The maximum atomic E-state index is 12.3. The summed E-state index contributed by atoms with van der Waals surface area (Å²) in [6.45, 7) is -0.194. The van der Waals surface area contributed by atoms with Gasteiger partial charge in [0.25, 0.3) is 5.91 Å². The number of amides is 2. The maximum Gasteiger partial charge on any atom is 0.414 e. The second-order valence-corrected chi connectivity index (χ2v) is 7.23. The number of carboxylic acid groups (broad SMARTS) is 1. The van der Waals surface area contributed by atoms with Gasteiger partial charge >= 0.3 is 12.1 Å². The molecule has 0 bridgehead atoms. The molecule has 2 aromatic carbocycles. The van der Waals surface area contributed by atoms with Crippen LogP contribution in [0, 0.1) is 0 Å². The molecule has 1 aromatic heterocycles.